The normalized spacial score (nSPS) is 14.7. The smallest absolute Gasteiger partial charge is 0.437 e. The molecule has 1 amide bonds. The molecule has 1 aliphatic heterocycles. The first kappa shape index (κ1) is 21.5. The number of benzene rings is 2. The summed E-state index contributed by atoms with van der Waals surface area (Å²) in [7, 11) is 0. The molecule has 1 unspecified atom stereocenters. The van der Waals surface area contributed by atoms with E-state index in [1.165, 1.54) is 24.3 Å². The van der Waals surface area contributed by atoms with Gasteiger partial charge in [-0.3, -0.25) is 9.59 Å². The third-order valence-corrected chi connectivity index (χ3v) is 5.22. The summed E-state index contributed by atoms with van der Waals surface area (Å²) in [6.45, 7) is 0.702. The molecule has 1 atom stereocenters. The zero-order valence-electron chi connectivity index (χ0n) is 17.3. The van der Waals surface area contributed by atoms with Crippen molar-refractivity contribution in [3.05, 3.63) is 76.5 Å². The molecule has 1 saturated heterocycles. The first-order chi connectivity index (χ1) is 15.5. The van der Waals surface area contributed by atoms with E-state index in [0.717, 1.165) is 23.9 Å². The fourth-order valence-corrected chi connectivity index (χ4v) is 3.58. The summed E-state index contributed by atoms with van der Waals surface area (Å²) in [5.41, 5.74) is 0.939. The Hall–Kier alpha value is -3.75. The topological polar surface area (TPSA) is 94.6 Å². The minimum atomic E-state index is -1.11. The molecule has 0 saturated carbocycles. The van der Waals surface area contributed by atoms with Crippen molar-refractivity contribution in [2.45, 2.75) is 31.9 Å². The lowest BCUT2D eigenvalue weighted by molar-refractivity contribution is -0.162. The summed E-state index contributed by atoms with van der Waals surface area (Å²) < 4.78 is 24.5. The number of hydrogen-bond acceptors (Lipinski definition) is 6. The van der Waals surface area contributed by atoms with Gasteiger partial charge >= 0.3 is 11.7 Å². The van der Waals surface area contributed by atoms with Crippen LogP contribution in [-0.4, -0.2) is 39.6 Å². The van der Waals surface area contributed by atoms with Crippen LogP contribution < -0.4 is 5.76 Å². The molecule has 4 rings (SSSR count). The van der Waals surface area contributed by atoms with Crippen molar-refractivity contribution in [3.8, 4) is 11.5 Å². The van der Waals surface area contributed by atoms with E-state index in [9.17, 15) is 18.8 Å². The van der Waals surface area contributed by atoms with Crippen molar-refractivity contribution < 1.29 is 23.1 Å². The zero-order chi connectivity index (χ0) is 22.5. The second-order valence-electron chi connectivity index (χ2n) is 7.50. The van der Waals surface area contributed by atoms with E-state index in [4.69, 9.17) is 9.15 Å². The quantitative estimate of drug-likeness (QED) is 0.548. The van der Waals surface area contributed by atoms with Crippen LogP contribution in [0, 0.1) is 5.82 Å². The van der Waals surface area contributed by atoms with Gasteiger partial charge in [0.2, 0.25) is 12.0 Å². The summed E-state index contributed by atoms with van der Waals surface area (Å²) >= 11 is 0. The third kappa shape index (κ3) is 4.93. The van der Waals surface area contributed by atoms with Gasteiger partial charge in [-0.25, -0.2) is 9.18 Å². The summed E-state index contributed by atoms with van der Waals surface area (Å²) in [6.07, 6.45) is 1.76. The Morgan fingerprint density at radius 3 is 2.41 bits per heavy atom. The van der Waals surface area contributed by atoms with Gasteiger partial charge in [0.1, 0.15) is 12.4 Å². The standard InChI is InChI=1S/C23H22FN3O5/c24-18-11-9-17(10-12-18)21-25-27(23(30)32-21)15-19(28)31-20(16-7-3-1-4-8-16)22(29)26-13-5-2-6-14-26/h1,3-4,7-12,20H,2,5-6,13-15H2. The van der Waals surface area contributed by atoms with Gasteiger partial charge in [-0.15, -0.1) is 5.10 Å². The average molecular weight is 439 g/mol. The van der Waals surface area contributed by atoms with Crippen molar-refractivity contribution in [2.24, 2.45) is 0 Å². The average Bonchev–Trinajstić information content (AvgIpc) is 3.18. The molecular weight excluding hydrogens is 417 g/mol. The molecule has 1 fully saturated rings. The number of halogens is 1. The lowest BCUT2D eigenvalue weighted by atomic mass is 10.1. The molecule has 0 spiro atoms. The van der Waals surface area contributed by atoms with Crippen molar-refractivity contribution in [1.29, 1.82) is 0 Å². The molecule has 9 heteroatoms. The molecule has 166 valence electrons. The van der Waals surface area contributed by atoms with Gasteiger partial charge in [-0.1, -0.05) is 30.3 Å². The van der Waals surface area contributed by atoms with Crippen molar-refractivity contribution in [1.82, 2.24) is 14.7 Å². The zero-order valence-corrected chi connectivity index (χ0v) is 17.3. The number of nitrogens with zero attached hydrogens (tertiary/aromatic N) is 3. The van der Waals surface area contributed by atoms with E-state index in [1.807, 2.05) is 0 Å². The molecule has 0 N–H and O–H groups in total. The molecule has 2 aromatic carbocycles. The summed E-state index contributed by atoms with van der Waals surface area (Å²) in [5.74, 6) is -2.44. The van der Waals surface area contributed by atoms with Gasteiger partial charge in [-0.2, -0.15) is 4.68 Å². The second kappa shape index (κ2) is 9.59. The minimum Gasteiger partial charge on any atom is -0.446 e. The molecule has 3 aromatic rings. The summed E-state index contributed by atoms with van der Waals surface area (Å²) in [5, 5.41) is 3.98. The van der Waals surface area contributed by atoms with Crippen LogP contribution in [0.15, 0.2) is 63.8 Å². The van der Waals surface area contributed by atoms with E-state index in [0.29, 0.717) is 24.2 Å². The highest BCUT2D eigenvalue weighted by Crippen LogP contribution is 2.23. The highest BCUT2D eigenvalue weighted by Gasteiger charge is 2.30. The number of aromatic nitrogens is 2. The van der Waals surface area contributed by atoms with Crippen molar-refractivity contribution >= 4 is 11.9 Å². The number of likely N-dealkylation sites (tertiary alicyclic amines) is 1. The van der Waals surface area contributed by atoms with Crippen LogP contribution in [0.4, 0.5) is 4.39 Å². The van der Waals surface area contributed by atoms with Crippen molar-refractivity contribution in [3.63, 3.8) is 0 Å². The van der Waals surface area contributed by atoms with Gasteiger partial charge in [0, 0.05) is 24.2 Å². The fourth-order valence-electron chi connectivity index (χ4n) is 3.58. The molecule has 2 heterocycles. The van der Waals surface area contributed by atoms with E-state index < -0.39 is 30.2 Å². The van der Waals surface area contributed by atoms with Gasteiger partial charge in [0.25, 0.3) is 5.91 Å². The first-order valence-electron chi connectivity index (χ1n) is 10.4. The predicted octanol–water partition coefficient (Wildman–Crippen LogP) is 2.94. The van der Waals surface area contributed by atoms with Gasteiger partial charge < -0.3 is 14.1 Å². The number of ether oxygens (including phenoxy) is 1. The maximum Gasteiger partial charge on any atom is 0.437 e. The maximum atomic E-state index is 13.1. The highest BCUT2D eigenvalue weighted by molar-refractivity contribution is 5.85. The Bertz CT molecular complexity index is 1130. The van der Waals surface area contributed by atoms with E-state index in [2.05, 4.69) is 5.10 Å². The lowest BCUT2D eigenvalue weighted by Crippen LogP contribution is -2.40. The van der Waals surface area contributed by atoms with Crippen LogP contribution in [-0.2, 0) is 20.9 Å². The fraction of sp³-hybridized carbons (Fsp3) is 0.304. The highest BCUT2D eigenvalue weighted by atomic mass is 19.1. The van der Waals surface area contributed by atoms with Crippen LogP contribution in [0.2, 0.25) is 0 Å². The van der Waals surface area contributed by atoms with Gasteiger partial charge in [-0.05, 0) is 43.5 Å². The van der Waals surface area contributed by atoms with Crippen LogP contribution in [0.1, 0.15) is 30.9 Å². The molecule has 0 bridgehead atoms. The molecule has 1 aliphatic rings. The van der Waals surface area contributed by atoms with Crippen LogP contribution in [0.3, 0.4) is 0 Å². The number of hydrogen-bond donors (Lipinski definition) is 0. The Labute approximate surface area is 183 Å². The summed E-state index contributed by atoms with van der Waals surface area (Å²) in [4.78, 5) is 39.6. The second-order valence-corrected chi connectivity index (χ2v) is 7.50. The minimum absolute atomic E-state index is 0.0493. The Kier molecular flexibility index (Phi) is 6.44. The largest absolute Gasteiger partial charge is 0.446 e. The lowest BCUT2D eigenvalue weighted by Gasteiger charge is -2.30. The Morgan fingerprint density at radius 2 is 1.72 bits per heavy atom. The molecule has 0 aliphatic carbocycles. The number of carbonyl (C=O) groups excluding carboxylic acids is 2. The molecule has 0 radical (unpaired) electrons. The molecule has 32 heavy (non-hydrogen) atoms. The number of carbonyl (C=O) groups is 2. The van der Waals surface area contributed by atoms with E-state index in [-0.39, 0.29) is 11.8 Å². The first-order valence-corrected chi connectivity index (χ1v) is 10.4. The van der Waals surface area contributed by atoms with Gasteiger partial charge in [0.05, 0.1) is 0 Å². The molecule has 1 aromatic heterocycles. The van der Waals surface area contributed by atoms with Gasteiger partial charge in [0.15, 0.2) is 0 Å². The Morgan fingerprint density at radius 1 is 1.03 bits per heavy atom. The van der Waals surface area contributed by atoms with Crippen LogP contribution >= 0.6 is 0 Å². The van der Waals surface area contributed by atoms with Crippen LogP contribution in [0.5, 0.6) is 0 Å². The third-order valence-electron chi connectivity index (χ3n) is 5.22. The maximum absolute atomic E-state index is 13.1. The number of esters is 1. The summed E-state index contributed by atoms with van der Waals surface area (Å²) in [6, 6.07) is 14.0. The number of amides is 1. The van der Waals surface area contributed by atoms with Crippen LogP contribution in [0.25, 0.3) is 11.5 Å². The van der Waals surface area contributed by atoms with E-state index in [1.54, 1.807) is 35.2 Å². The molecule has 8 nitrogen and oxygen atoms in total. The molecular formula is C23H22FN3O5. The SMILES string of the molecule is O=C(Cn1nc(-c2ccc(F)cc2)oc1=O)OC(C(=O)N1CCCCC1)c1ccccc1. The Balaban J connectivity index is 1.50. The monoisotopic (exact) mass is 439 g/mol. The van der Waals surface area contributed by atoms with E-state index >= 15 is 0 Å². The number of piperidine rings is 1. The predicted molar refractivity (Wildman–Crippen MR) is 112 cm³/mol. The van der Waals surface area contributed by atoms with Crippen molar-refractivity contribution in [2.75, 3.05) is 13.1 Å². The number of rotatable bonds is 6.